The van der Waals surface area contributed by atoms with E-state index in [-0.39, 0.29) is 11.9 Å². The van der Waals surface area contributed by atoms with Gasteiger partial charge >= 0.3 is 0 Å². The van der Waals surface area contributed by atoms with Crippen molar-refractivity contribution in [3.63, 3.8) is 0 Å². The number of nitrogens with zero attached hydrogens (tertiary/aromatic N) is 2. The van der Waals surface area contributed by atoms with Crippen LogP contribution in [0.4, 0.5) is 4.39 Å². The molecule has 1 saturated heterocycles. The molecule has 0 unspecified atom stereocenters. The molecule has 4 rings (SSSR count). The van der Waals surface area contributed by atoms with Gasteiger partial charge < -0.3 is 4.90 Å². The minimum atomic E-state index is -3.19. The second-order valence-electron chi connectivity index (χ2n) is 10.4. The smallest absolute Gasteiger partial charge is 0.211 e. The lowest BCUT2D eigenvalue weighted by Gasteiger charge is -2.35. The first kappa shape index (κ1) is 25.3. The molecule has 2 aromatic rings. The largest absolute Gasteiger partial charge is 0.303 e. The third kappa shape index (κ3) is 6.67. The van der Waals surface area contributed by atoms with Gasteiger partial charge in [0.2, 0.25) is 10.0 Å². The molecule has 4 nitrogen and oxygen atoms in total. The maximum atomic E-state index is 13.1. The quantitative estimate of drug-likeness (QED) is 0.482. The van der Waals surface area contributed by atoms with E-state index < -0.39 is 10.0 Å². The molecular weight excluding hydrogens is 447 g/mol. The average Bonchev–Trinajstić information content (AvgIpc) is 3.24. The van der Waals surface area contributed by atoms with E-state index in [1.54, 1.807) is 23.5 Å². The van der Waals surface area contributed by atoms with E-state index in [9.17, 15) is 12.8 Å². The van der Waals surface area contributed by atoms with Crippen LogP contribution < -0.4 is 0 Å². The first-order valence-electron chi connectivity index (χ1n) is 12.7. The minimum Gasteiger partial charge on any atom is -0.303 e. The molecular formula is C28H39FN2O2S. The Kier molecular flexibility index (Phi) is 8.43. The van der Waals surface area contributed by atoms with Crippen LogP contribution in [0.2, 0.25) is 0 Å². The Balaban J connectivity index is 1.29. The second kappa shape index (κ2) is 11.3. The number of hydrogen-bond donors (Lipinski definition) is 0. The number of benzene rings is 2. The van der Waals surface area contributed by atoms with Gasteiger partial charge in [-0.15, -0.1) is 0 Å². The van der Waals surface area contributed by atoms with Gasteiger partial charge in [-0.2, -0.15) is 0 Å². The van der Waals surface area contributed by atoms with Crippen LogP contribution in [0.1, 0.15) is 55.6 Å². The number of hydrogen-bond acceptors (Lipinski definition) is 3. The summed E-state index contributed by atoms with van der Waals surface area (Å²) in [5.74, 6) is 1.49. The lowest BCUT2D eigenvalue weighted by atomic mass is 9.87. The Labute approximate surface area is 205 Å². The van der Waals surface area contributed by atoms with Crippen LogP contribution in [0, 0.1) is 17.7 Å². The Morgan fingerprint density at radius 3 is 2.32 bits per heavy atom. The SMILES string of the molecule is CN([C@@H]1C[C@H](CN2CCC(CCCc3ccc(F)cc3)CC2)[C@@H](c2ccccc2)C1)S(C)(=O)=O. The summed E-state index contributed by atoms with van der Waals surface area (Å²) in [6, 6.07) is 17.6. The molecule has 2 aromatic carbocycles. The molecule has 3 atom stereocenters. The van der Waals surface area contributed by atoms with Gasteiger partial charge in [0.25, 0.3) is 0 Å². The highest BCUT2D eigenvalue weighted by atomic mass is 32.2. The second-order valence-corrected chi connectivity index (χ2v) is 12.5. The van der Waals surface area contributed by atoms with Crippen LogP contribution in [0.15, 0.2) is 54.6 Å². The van der Waals surface area contributed by atoms with E-state index in [1.807, 2.05) is 12.1 Å². The Morgan fingerprint density at radius 1 is 1.00 bits per heavy atom. The molecule has 6 heteroatoms. The van der Waals surface area contributed by atoms with Crippen molar-refractivity contribution in [1.29, 1.82) is 0 Å². The first-order chi connectivity index (χ1) is 16.3. The molecule has 0 aromatic heterocycles. The maximum absolute atomic E-state index is 13.1. The van der Waals surface area contributed by atoms with Crippen molar-refractivity contribution < 1.29 is 12.8 Å². The summed E-state index contributed by atoms with van der Waals surface area (Å²) in [5.41, 5.74) is 2.56. The van der Waals surface area contributed by atoms with E-state index in [2.05, 4.69) is 35.2 Å². The summed E-state index contributed by atoms with van der Waals surface area (Å²) in [7, 11) is -1.45. The van der Waals surface area contributed by atoms with E-state index in [1.165, 1.54) is 36.6 Å². The van der Waals surface area contributed by atoms with Gasteiger partial charge in [-0.05, 0) is 92.6 Å². The summed E-state index contributed by atoms with van der Waals surface area (Å²) in [4.78, 5) is 2.61. The molecule has 1 aliphatic heterocycles. The molecule has 1 heterocycles. The van der Waals surface area contributed by atoms with Gasteiger partial charge in [0, 0.05) is 19.6 Å². The number of halogens is 1. The Hall–Kier alpha value is -1.76. The Morgan fingerprint density at radius 2 is 1.68 bits per heavy atom. The fourth-order valence-electron chi connectivity index (χ4n) is 6.01. The van der Waals surface area contributed by atoms with Crippen LogP contribution in [-0.4, -0.2) is 56.6 Å². The van der Waals surface area contributed by atoms with E-state index in [0.717, 1.165) is 51.2 Å². The van der Waals surface area contributed by atoms with Gasteiger partial charge in [-0.1, -0.05) is 48.9 Å². The lowest BCUT2D eigenvalue weighted by Crippen LogP contribution is -2.38. The molecule has 0 radical (unpaired) electrons. The monoisotopic (exact) mass is 486 g/mol. The molecule has 186 valence electrons. The number of sulfonamides is 1. The van der Waals surface area contributed by atoms with Crippen LogP contribution in [0.3, 0.4) is 0 Å². The molecule has 0 amide bonds. The fraction of sp³-hybridized carbons (Fsp3) is 0.571. The standard InChI is InChI=1S/C28H39FN2O2S/c1-30(34(2,32)33)27-19-25(28(20-27)24-9-4-3-5-10-24)21-31-17-15-23(16-18-31)8-6-7-22-11-13-26(29)14-12-22/h3-5,9-14,23,25,27-28H,6-8,15-21H2,1-2H3/t25-,27-,28-/m1/s1. The van der Waals surface area contributed by atoms with E-state index in [0.29, 0.717) is 11.8 Å². The highest BCUT2D eigenvalue weighted by Crippen LogP contribution is 2.43. The third-order valence-corrected chi connectivity index (χ3v) is 9.47. The molecule has 0 spiro atoms. The number of aryl methyl sites for hydroxylation is 1. The topological polar surface area (TPSA) is 40.6 Å². The van der Waals surface area contributed by atoms with Crippen LogP contribution in [0.5, 0.6) is 0 Å². The molecule has 0 bridgehead atoms. The summed E-state index contributed by atoms with van der Waals surface area (Å²) in [6.45, 7) is 3.31. The summed E-state index contributed by atoms with van der Waals surface area (Å²) >= 11 is 0. The highest BCUT2D eigenvalue weighted by Gasteiger charge is 2.40. The lowest BCUT2D eigenvalue weighted by molar-refractivity contribution is 0.150. The van der Waals surface area contributed by atoms with Gasteiger partial charge in [0.15, 0.2) is 0 Å². The van der Waals surface area contributed by atoms with Gasteiger partial charge in [0.05, 0.1) is 6.26 Å². The minimum absolute atomic E-state index is 0.0780. The normalized spacial score (nSPS) is 24.6. The van der Waals surface area contributed by atoms with Crippen LogP contribution in [0.25, 0.3) is 0 Å². The zero-order valence-corrected chi connectivity index (χ0v) is 21.4. The fourth-order valence-corrected chi connectivity index (χ4v) is 6.72. The van der Waals surface area contributed by atoms with Crippen LogP contribution in [-0.2, 0) is 16.4 Å². The summed E-state index contributed by atoms with van der Waals surface area (Å²) < 4.78 is 39.0. The number of likely N-dealkylation sites (tertiary alicyclic amines) is 1. The van der Waals surface area contributed by atoms with Gasteiger partial charge in [-0.25, -0.2) is 17.1 Å². The van der Waals surface area contributed by atoms with E-state index >= 15 is 0 Å². The molecule has 34 heavy (non-hydrogen) atoms. The number of piperidine rings is 1. The van der Waals surface area contributed by atoms with Crippen molar-refractivity contribution in [1.82, 2.24) is 9.21 Å². The zero-order chi connectivity index (χ0) is 24.1. The molecule has 2 aliphatic rings. The average molecular weight is 487 g/mol. The van der Waals surface area contributed by atoms with Crippen molar-refractivity contribution >= 4 is 10.0 Å². The molecule has 1 saturated carbocycles. The molecule has 0 N–H and O–H groups in total. The Bertz CT molecular complexity index is 1000. The predicted molar refractivity (Wildman–Crippen MR) is 137 cm³/mol. The van der Waals surface area contributed by atoms with Gasteiger partial charge in [-0.3, -0.25) is 0 Å². The van der Waals surface area contributed by atoms with Crippen molar-refractivity contribution in [3.8, 4) is 0 Å². The van der Waals surface area contributed by atoms with Gasteiger partial charge in [0.1, 0.15) is 5.82 Å². The maximum Gasteiger partial charge on any atom is 0.211 e. The van der Waals surface area contributed by atoms with E-state index in [4.69, 9.17) is 0 Å². The molecule has 2 fully saturated rings. The summed E-state index contributed by atoms with van der Waals surface area (Å²) in [5, 5.41) is 0. The van der Waals surface area contributed by atoms with Crippen molar-refractivity contribution in [2.75, 3.05) is 32.9 Å². The molecule has 1 aliphatic carbocycles. The zero-order valence-electron chi connectivity index (χ0n) is 20.6. The predicted octanol–water partition coefficient (Wildman–Crippen LogP) is 5.31. The number of rotatable bonds is 9. The van der Waals surface area contributed by atoms with Crippen LogP contribution >= 0.6 is 0 Å². The van der Waals surface area contributed by atoms with Crippen molar-refractivity contribution in [3.05, 3.63) is 71.5 Å². The van der Waals surface area contributed by atoms with Crippen molar-refractivity contribution in [2.45, 2.75) is 56.9 Å². The highest BCUT2D eigenvalue weighted by molar-refractivity contribution is 7.88. The third-order valence-electron chi connectivity index (χ3n) is 8.13. The summed E-state index contributed by atoms with van der Waals surface area (Å²) in [6.07, 6.45) is 9.04. The van der Waals surface area contributed by atoms with Crippen molar-refractivity contribution in [2.24, 2.45) is 11.8 Å². The first-order valence-corrected chi connectivity index (χ1v) is 14.6.